The van der Waals surface area contributed by atoms with Crippen LogP contribution < -0.4 is 10.9 Å². The van der Waals surface area contributed by atoms with E-state index in [-0.39, 0.29) is 5.69 Å². The molecule has 0 spiro atoms. The van der Waals surface area contributed by atoms with Gasteiger partial charge in [-0.15, -0.1) is 5.10 Å². The third-order valence-corrected chi connectivity index (χ3v) is 3.75. The summed E-state index contributed by atoms with van der Waals surface area (Å²) in [5, 5.41) is 10.5. The Morgan fingerprint density at radius 2 is 1.96 bits per heavy atom. The van der Waals surface area contributed by atoms with Gasteiger partial charge in [0.2, 0.25) is 5.91 Å². The molecule has 0 aliphatic rings. The number of alkyl halides is 3. The van der Waals surface area contributed by atoms with Crippen LogP contribution in [0.2, 0.25) is 0 Å². The van der Waals surface area contributed by atoms with Crippen LogP contribution in [0.15, 0.2) is 59.7 Å². The van der Waals surface area contributed by atoms with Crippen LogP contribution >= 0.6 is 0 Å². The molecule has 1 amide bonds. The quantitative estimate of drug-likeness (QED) is 0.758. The van der Waals surface area contributed by atoms with E-state index in [0.717, 1.165) is 16.8 Å². The summed E-state index contributed by atoms with van der Waals surface area (Å²) in [4.78, 5) is 24.5. The van der Waals surface area contributed by atoms with E-state index in [1.54, 1.807) is 12.3 Å². The monoisotopic (exact) mass is 377 g/mol. The first kappa shape index (κ1) is 18.4. The van der Waals surface area contributed by atoms with Gasteiger partial charge in [-0.3, -0.25) is 9.59 Å². The van der Waals surface area contributed by atoms with Gasteiger partial charge in [0.15, 0.2) is 5.82 Å². The lowest BCUT2D eigenvalue weighted by molar-refractivity contribution is -0.137. The Hall–Kier alpha value is -3.43. The minimum atomic E-state index is -4.52. The molecule has 0 fully saturated rings. The van der Waals surface area contributed by atoms with Crippen molar-refractivity contribution in [3.8, 4) is 5.82 Å². The zero-order valence-electron chi connectivity index (χ0n) is 14.0. The lowest BCUT2D eigenvalue weighted by Crippen LogP contribution is -2.33. The van der Waals surface area contributed by atoms with Crippen molar-refractivity contribution >= 4 is 11.6 Å². The van der Waals surface area contributed by atoms with Crippen molar-refractivity contribution < 1.29 is 18.0 Å². The number of carbonyl (C=O) groups excluding carboxylic acids is 1. The first-order valence-electron chi connectivity index (χ1n) is 7.84. The highest BCUT2D eigenvalue weighted by atomic mass is 19.4. The molecule has 7 nitrogen and oxygen atoms in total. The van der Waals surface area contributed by atoms with E-state index in [1.165, 1.54) is 42.1 Å². The summed E-state index contributed by atoms with van der Waals surface area (Å²) < 4.78 is 40.7. The highest BCUT2D eigenvalue weighted by Crippen LogP contribution is 2.30. The Balaban J connectivity index is 1.84. The Bertz CT molecular complexity index is 1010. The van der Waals surface area contributed by atoms with E-state index < -0.39 is 29.2 Å². The van der Waals surface area contributed by atoms with Crippen LogP contribution in [0.5, 0.6) is 0 Å². The van der Waals surface area contributed by atoms with E-state index in [4.69, 9.17) is 0 Å². The second kappa shape index (κ2) is 7.06. The lowest BCUT2D eigenvalue weighted by atomic mass is 10.2. The molecule has 1 atom stereocenters. The van der Waals surface area contributed by atoms with Crippen LogP contribution in [-0.2, 0) is 11.0 Å². The van der Waals surface area contributed by atoms with Crippen molar-refractivity contribution in [1.29, 1.82) is 0 Å². The zero-order valence-corrected chi connectivity index (χ0v) is 14.0. The molecule has 1 unspecified atom stereocenters. The highest BCUT2D eigenvalue weighted by Gasteiger charge is 2.30. The van der Waals surface area contributed by atoms with E-state index in [9.17, 15) is 22.8 Å². The van der Waals surface area contributed by atoms with E-state index >= 15 is 0 Å². The van der Waals surface area contributed by atoms with E-state index in [1.807, 2.05) is 0 Å². The Morgan fingerprint density at radius 3 is 2.63 bits per heavy atom. The third kappa shape index (κ3) is 4.05. The molecule has 0 aliphatic carbocycles. The maximum Gasteiger partial charge on any atom is 0.416 e. The van der Waals surface area contributed by atoms with E-state index in [0.29, 0.717) is 5.82 Å². The van der Waals surface area contributed by atoms with Gasteiger partial charge >= 0.3 is 6.18 Å². The minimum absolute atomic E-state index is 0.0297. The van der Waals surface area contributed by atoms with Gasteiger partial charge in [-0.25, -0.2) is 9.36 Å². The van der Waals surface area contributed by atoms with Crippen LogP contribution in [-0.4, -0.2) is 25.5 Å². The van der Waals surface area contributed by atoms with Gasteiger partial charge in [0.25, 0.3) is 5.56 Å². The third-order valence-electron chi connectivity index (χ3n) is 3.75. The van der Waals surface area contributed by atoms with Gasteiger partial charge in [0, 0.05) is 24.1 Å². The summed E-state index contributed by atoms with van der Waals surface area (Å²) in [6.45, 7) is 1.42. The standard InChI is InChI=1S/C17H14F3N5O2/c1-11(16(27)22-13-5-2-4-12(10-13)17(18,19)20)25-15(26)7-6-14(23-25)24-9-3-8-21-24/h2-11H,1H3,(H,22,27). The van der Waals surface area contributed by atoms with Crippen molar-refractivity contribution in [2.45, 2.75) is 19.1 Å². The highest BCUT2D eigenvalue weighted by molar-refractivity contribution is 5.93. The Morgan fingerprint density at radius 1 is 1.19 bits per heavy atom. The van der Waals surface area contributed by atoms with Crippen LogP contribution in [0.1, 0.15) is 18.5 Å². The molecule has 0 aliphatic heterocycles. The molecule has 2 heterocycles. The molecule has 0 bridgehead atoms. The number of halogens is 3. The maximum atomic E-state index is 12.8. The van der Waals surface area contributed by atoms with Crippen molar-refractivity contribution in [3.63, 3.8) is 0 Å². The van der Waals surface area contributed by atoms with Gasteiger partial charge < -0.3 is 5.32 Å². The largest absolute Gasteiger partial charge is 0.416 e. The number of aromatic nitrogens is 4. The molecular weight excluding hydrogens is 363 g/mol. The van der Waals surface area contributed by atoms with Gasteiger partial charge in [-0.1, -0.05) is 6.07 Å². The number of hydrogen-bond donors (Lipinski definition) is 1. The average Bonchev–Trinajstić information content (AvgIpc) is 3.15. The Labute approximate surface area is 151 Å². The fraction of sp³-hybridized carbons (Fsp3) is 0.176. The topological polar surface area (TPSA) is 81.8 Å². The van der Waals surface area contributed by atoms with Gasteiger partial charge in [-0.05, 0) is 37.3 Å². The number of nitrogens with zero attached hydrogens (tertiary/aromatic N) is 4. The van der Waals surface area contributed by atoms with Crippen molar-refractivity contribution in [3.05, 3.63) is 70.8 Å². The summed E-state index contributed by atoms with van der Waals surface area (Å²) in [7, 11) is 0. The second-order valence-corrected chi connectivity index (χ2v) is 5.67. The van der Waals surface area contributed by atoms with Gasteiger partial charge in [0.05, 0.1) is 5.56 Å². The number of anilines is 1. The summed E-state index contributed by atoms with van der Waals surface area (Å²) in [5.74, 6) is -0.361. The van der Waals surface area contributed by atoms with Crippen LogP contribution in [0.25, 0.3) is 5.82 Å². The normalized spacial score (nSPS) is 12.6. The number of carbonyl (C=O) groups is 1. The fourth-order valence-electron chi connectivity index (χ4n) is 2.35. The smallest absolute Gasteiger partial charge is 0.324 e. The summed E-state index contributed by atoms with van der Waals surface area (Å²) in [6, 6.07) is 7.53. The van der Waals surface area contributed by atoms with E-state index in [2.05, 4.69) is 15.5 Å². The molecule has 1 N–H and O–H groups in total. The number of amides is 1. The number of hydrogen-bond acceptors (Lipinski definition) is 4. The number of benzene rings is 1. The number of nitrogens with one attached hydrogen (secondary N) is 1. The molecule has 0 radical (unpaired) electrons. The van der Waals surface area contributed by atoms with Gasteiger partial charge in [0.1, 0.15) is 6.04 Å². The van der Waals surface area contributed by atoms with Crippen LogP contribution in [0, 0.1) is 0 Å². The predicted molar refractivity (Wildman–Crippen MR) is 90.4 cm³/mol. The molecule has 27 heavy (non-hydrogen) atoms. The second-order valence-electron chi connectivity index (χ2n) is 5.67. The molecule has 0 saturated carbocycles. The molecule has 3 rings (SSSR count). The predicted octanol–water partition coefficient (Wildman–Crippen LogP) is 2.65. The van der Waals surface area contributed by atoms with Crippen molar-refractivity contribution in [2.24, 2.45) is 0 Å². The average molecular weight is 377 g/mol. The molecule has 140 valence electrons. The van der Waals surface area contributed by atoms with Crippen molar-refractivity contribution in [2.75, 3.05) is 5.32 Å². The molecule has 2 aromatic heterocycles. The van der Waals surface area contributed by atoms with Crippen LogP contribution in [0.4, 0.5) is 18.9 Å². The fourth-order valence-corrected chi connectivity index (χ4v) is 2.35. The SMILES string of the molecule is CC(C(=O)Nc1cccc(C(F)(F)F)c1)n1nc(-n2cccn2)ccc1=O. The Kier molecular flexibility index (Phi) is 4.80. The summed E-state index contributed by atoms with van der Waals surface area (Å²) in [5.41, 5.74) is -1.44. The molecule has 3 aromatic rings. The molecule has 10 heteroatoms. The molecule has 0 saturated heterocycles. The first-order valence-corrected chi connectivity index (χ1v) is 7.84. The van der Waals surface area contributed by atoms with Crippen molar-refractivity contribution in [1.82, 2.24) is 19.6 Å². The molecule has 1 aromatic carbocycles. The van der Waals surface area contributed by atoms with Gasteiger partial charge in [-0.2, -0.15) is 18.3 Å². The zero-order chi connectivity index (χ0) is 19.6. The minimum Gasteiger partial charge on any atom is -0.324 e. The summed E-state index contributed by atoms with van der Waals surface area (Å²) >= 11 is 0. The van der Waals surface area contributed by atoms with Crippen LogP contribution in [0.3, 0.4) is 0 Å². The number of rotatable bonds is 4. The first-order chi connectivity index (χ1) is 12.8. The summed E-state index contributed by atoms with van der Waals surface area (Å²) in [6.07, 6.45) is -1.38. The maximum absolute atomic E-state index is 12.8. The lowest BCUT2D eigenvalue weighted by Gasteiger charge is -2.15. The molecular formula is C17H14F3N5O2.